The van der Waals surface area contributed by atoms with E-state index in [0.717, 1.165) is 32.9 Å². The van der Waals surface area contributed by atoms with Gasteiger partial charge in [-0.25, -0.2) is 8.78 Å². The summed E-state index contributed by atoms with van der Waals surface area (Å²) >= 11 is 17.9. The van der Waals surface area contributed by atoms with Gasteiger partial charge in [0.25, 0.3) is 5.91 Å². The highest BCUT2D eigenvalue weighted by atomic mass is 35.5. The van der Waals surface area contributed by atoms with Crippen LogP contribution in [0.25, 0.3) is 5.83 Å². The summed E-state index contributed by atoms with van der Waals surface area (Å²) in [7, 11) is 0. The first-order chi connectivity index (χ1) is 18.1. The molecule has 0 fully saturated rings. The molecule has 2 aromatic carbocycles. The minimum absolute atomic E-state index is 0.0391. The van der Waals surface area contributed by atoms with Crippen LogP contribution in [0.2, 0.25) is 15.1 Å². The number of carbonyl (C=O) groups excluding carboxylic acids is 2. The highest BCUT2D eigenvalue weighted by Crippen LogP contribution is 2.41. The van der Waals surface area contributed by atoms with Crippen molar-refractivity contribution >= 4 is 52.4 Å². The molecule has 0 aliphatic rings. The molecular formula is C25H21Cl3F8N2O2. The number of nitrogens with one attached hydrogen (secondary N) is 2. The molecular weight excluding hydrogens is 619 g/mol. The predicted molar refractivity (Wildman–Crippen MR) is 136 cm³/mol. The molecule has 0 bridgehead atoms. The van der Waals surface area contributed by atoms with Crippen molar-refractivity contribution < 1.29 is 44.7 Å². The van der Waals surface area contributed by atoms with Crippen LogP contribution in [0.15, 0.2) is 36.4 Å². The zero-order valence-corrected chi connectivity index (χ0v) is 23.1. The lowest BCUT2D eigenvalue weighted by molar-refractivity contribution is -0.139. The van der Waals surface area contributed by atoms with Crippen LogP contribution in [0.3, 0.4) is 0 Å². The van der Waals surface area contributed by atoms with Crippen LogP contribution < -0.4 is 10.6 Å². The SMILES string of the molecule is C[C@@H](NC(=O)c1ccc(/C(F)=C/C(c2cc(Cl)c(Cl)c(Cl)c2)C(C)(C)F)cc1C(F)(F)F)C(=O)NCC(F)(F)F. The van der Waals surface area contributed by atoms with E-state index in [1.807, 2.05) is 5.32 Å². The van der Waals surface area contributed by atoms with Crippen molar-refractivity contribution in [1.29, 1.82) is 0 Å². The van der Waals surface area contributed by atoms with Crippen molar-refractivity contribution in [2.24, 2.45) is 0 Å². The highest BCUT2D eigenvalue weighted by molar-refractivity contribution is 6.48. The lowest BCUT2D eigenvalue weighted by atomic mass is 9.85. The second kappa shape index (κ2) is 12.5. The molecule has 15 heteroatoms. The number of benzene rings is 2. The van der Waals surface area contributed by atoms with E-state index in [0.29, 0.717) is 12.1 Å². The Morgan fingerprint density at radius 2 is 1.50 bits per heavy atom. The third kappa shape index (κ3) is 8.97. The summed E-state index contributed by atoms with van der Waals surface area (Å²) < 4.78 is 109. The van der Waals surface area contributed by atoms with E-state index in [1.165, 1.54) is 17.4 Å². The van der Waals surface area contributed by atoms with Crippen molar-refractivity contribution in [3.05, 3.63) is 73.7 Å². The maximum atomic E-state index is 15.3. The third-order valence-electron chi connectivity index (χ3n) is 5.47. The molecule has 0 saturated heterocycles. The molecule has 0 saturated carbocycles. The highest BCUT2D eigenvalue weighted by Gasteiger charge is 2.37. The monoisotopic (exact) mass is 638 g/mol. The minimum Gasteiger partial charge on any atom is -0.345 e. The largest absolute Gasteiger partial charge is 0.417 e. The van der Waals surface area contributed by atoms with Gasteiger partial charge in [0.1, 0.15) is 24.1 Å². The number of allylic oxidation sites excluding steroid dienone is 1. The Bertz CT molecular complexity index is 1280. The molecule has 2 N–H and O–H groups in total. The number of rotatable bonds is 8. The number of amides is 2. The first-order valence-electron chi connectivity index (χ1n) is 11.2. The van der Waals surface area contributed by atoms with Crippen molar-refractivity contribution in [2.45, 2.75) is 50.8 Å². The Morgan fingerprint density at radius 3 is 1.98 bits per heavy atom. The number of carbonyl (C=O) groups is 2. The van der Waals surface area contributed by atoms with E-state index in [4.69, 9.17) is 34.8 Å². The second-order valence-electron chi connectivity index (χ2n) is 9.14. The van der Waals surface area contributed by atoms with Gasteiger partial charge in [0, 0.05) is 11.5 Å². The van der Waals surface area contributed by atoms with E-state index in [-0.39, 0.29) is 20.6 Å². The molecule has 0 aromatic heterocycles. The molecule has 1 unspecified atom stereocenters. The lowest BCUT2D eigenvalue weighted by Gasteiger charge is -2.25. The van der Waals surface area contributed by atoms with Crippen LogP contribution in [-0.4, -0.2) is 36.2 Å². The molecule has 0 aliphatic heterocycles. The van der Waals surface area contributed by atoms with Gasteiger partial charge in [0.2, 0.25) is 5.91 Å². The quantitative estimate of drug-likeness (QED) is 0.226. The zero-order chi connectivity index (χ0) is 30.8. The summed E-state index contributed by atoms with van der Waals surface area (Å²) in [4.78, 5) is 24.3. The number of alkyl halides is 7. The minimum atomic E-state index is -5.19. The van der Waals surface area contributed by atoms with Crippen LogP contribution >= 0.6 is 34.8 Å². The summed E-state index contributed by atoms with van der Waals surface area (Å²) in [5.41, 5.74) is -5.39. The maximum absolute atomic E-state index is 15.3. The van der Waals surface area contributed by atoms with Crippen molar-refractivity contribution in [1.82, 2.24) is 10.6 Å². The molecule has 0 heterocycles. The van der Waals surface area contributed by atoms with Gasteiger partial charge in [0.05, 0.1) is 26.2 Å². The summed E-state index contributed by atoms with van der Waals surface area (Å²) in [6.07, 6.45) is -9.22. The van der Waals surface area contributed by atoms with Crippen LogP contribution in [0.1, 0.15) is 53.7 Å². The van der Waals surface area contributed by atoms with E-state index in [2.05, 4.69) is 0 Å². The third-order valence-corrected chi connectivity index (χ3v) is 6.66. The number of hydrogen-bond donors (Lipinski definition) is 2. The zero-order valence-electron chi connectivity index (χ0n) is 20.8. The number of hydrogen-bond acceptors (Lipinski definition) is 2. The first-order valence-corrected chi connectivity index (χ1v) is 12.3. The fraction of sp³-hybridized carbons (Fsp3) is 0.360. The molecule has 0 spiro atoms. The summed E-state index contributed by atoms with van der Waals surface area (Å²) in [5.74, 6) is -5.43. The van der Waals surface area contributed by atoms with Crippen molar-refractivity contribution in [3.8, 4) is 0 Å². The van der Waals surface area contributed by atoms with Gasteiger partial charge >= 0.3 is 12.4 Å². The molecule has 0 aliphatic carbocycles. The maximum Gasteiger partial charge on any atom is 0.417 e. The van der Waals surface area contributed by atoms with Gasteiger partial charge in [-0.3, -0.25) is 9.59 Å². The van der Waals surface area contributed by atoms with E-state index in [1.54, 1.807) is 0 Å². The average Bonchev–Trinajstić information content (AvgIpc) is 2.81. The average molecular weight is 640 g/mol. The van der Waals surface area contributed by atoms with Gasteiger partial charge in [-0.05, 0) is 56.7 Å². The van der Waals surface area contributed by atoms with Gasteiger partial charge in [-0.15, -0.1) is 0 Å². The van der Waals surface area contributed by atoms with E-state index in [9.17, 15) is 35.9 Å². The molecule has 40 heavy (non-hydrogen) atoms. The molecule has 0 radical (unpaired) electrons. The fourth-order valence-corrected chi connectivity index (χ4v) is 4.11. The molecule has 2 atom stereocenters. The van der Waals surface area contributed by atoms with Gasteiger partial charge in [0.15, 0.2) is 0 Å². The number of halogens is 11. The Kier molecular flexibility index (Phi) is 10.5. The van der Waals surface area contributed by atoms with Crippen LogP contribution in [-0.2, 0) is 11.0 Å². The Balaban J connectivity index is 2.45. The van der Waals surface area contributed by atoms with Gasteiger partial charge in [-0.2, -0.15) is 26.3 Å². The topological polar surface area (TPSA) is 58.2 Å². The van der Waals surface area contributed by atoms with Crippen LogP contribution in [0.4, 0.5) is 35.1 Å². The normalized spacial score (nSPS) is 14.5. The van der Waals surface area contributed by atoms with Crippen molar-refractivity contribution in [3.63, 3.8) is 0 Å². The summed E-state index contributed by atoms with van der Waals surface area (Å²) in [5, 5.41) is 3.19. The Morgan fingerprint density at radius 1 is 0.950 bits per heavy atom. The molecule has 4 nitrogen and oxygen atoms in total. The van der Waals surface area contributed by atoms with Crippen LogP contribution in [0.5, 0.6) is 0 Å². The standard InChI is InChI=1S/C25H21Cl3F8N2O2/c1-11(21(39)37-10-24(31,32)33)38-22(40)14-5-4-12(6-16(14)25(34,35)36)19(29)9-15(23(2,3)30)13-7-17(26)20(28)18(27)8-13/h4-9,11,15H,10H2,1-3H3,(H,37,39)(H,38,40)/b19-9-/t11-,15?/m1/s1. The fourth-order valence-electron chi connectivity index (χ4n) is 3.49. The molecule has 2 amide bonds. The Hall–Kier alpha value is -2.57. The summed E-state index contributed by atoms with van der Waals surface area (Å²) in [6.45, 7) is 1.43. The molecule has 2 aromatic rings. The van der Waals surface area contributed by atoms with Crippen LogP contribution in [0, 0.1) is 0 Å². The predicted octanol–water partition coefficient (Wildman–Crippen LogP) is 8.30. The molecule has 220 valence electrons. The van der Waals surface area contributed by atoms with E-state index < -0.39 is 70.9 Å². The van der Waals surface area contributed by atoms with Gasteiger partial charge < -0.3 is 10.6 Å². The Labute approximate surface area is 238 Å². The lowest BCUT2D eigenvalue weighted by Crippen LogP contribution is -2.47. The van der Waals surface area contributed by atoms with Gasteiger partial charge in [-0.1, -0.05) is 40.9 Å². The van der Waals surface area contributed by atoms with Crippen molar-refractivity contribution in [2.75, 3.05) is 6.54 Å². The second-order valence-corrected chi connectivity index (χ2v) is 10.3. The van der Waals surface area contributed by atoms with E-state index >= 15 is 8.78 Å². The first kappa shape index (κ1) is 33.6. The summed E-state index contributed by atoms with van der Waals surface area (Å²) in [6, 6.07) is 2.55. The molecule has 2 rings (SSSR count). The smallest absolute Gasteiger partial charge is 0.345 e.